The summed E-state index contributed by atoms with van der Waals surface area (Å²) in [5.41, 5.74) is -2.92. The lowest BCUT2D eigenvalue weighted by atomic mass is 10.0. The molecular weight excluding hydrogens is 619 g/mol. The molecule has 1 atom stereocenters. The molecule has 0 aromatic heterocycles. The Hall–Kier alpha value is -5.01. The summed E-state index contributed by atoms with van der Waals surface area (Å²) < 4.78 is 84.2. The second-order valence-corrected chi connectivity index (χ2v) is 11.1. The highest BCUT2D eigenvalue weighted by atomic mass is 19.4. The number of benzene rings is 3. The van der Waals surface area contributed by atoms with Crippen molar-refractivity contribution in [3.63, 3.8) is 0 Å². The Morgan fingerprint density at radius 3 is 2.15 bits per heavy atom. The Balaban J connectivity index is 1.84. The SMILES string of the molecule is COC(=O)C(CCC(=O)c1cc(NC(=O)c2cc(C(F)(F)F)ccc2Oc2ccc(F)cc2C)ccc1F)NC(=O)OC(C)(C)C. The van der Waals surface area contributed by atoms with E-state index in [0.717, 1.165) is 43.5 Å². The summed E-state index contributed by atoms with van der Waals surface area (Å²) in [6, 6.07) is 7.28. The van der Waals surface area contributed by atoms with Crippen molar-refractivity contribution in [2.45, 2.75) is 58.4 Å². The molecule has 2 amide bonds. The summed E-state index contributed by atoms with van der Waals surface area (Å²) in [7, 11) is 1.07. The number of alkyl halides is 3. The minimum absolute atomic E-state index is 0.0799. The van der Waals surface area contributed by atoms with Crippen LogP contribution in [-0.4, -0.2) is 42.5 Å². The number of aryl methyl sites for hydroxylation is 1. The largest absolute Gasteiger partial charge is 0.467 e. The number of halogens is 5. The van der Waals surface area contributed by atoms with Crippen molar-refractivity contribution in [3.8, 4) is 11.5 Å². The fourth-order valence-electron chi connectivity index (χ4n) is 4.08. The van der Waals surface area contributed by atoms with Gasteiger partial charge in [0.1, 0.15) is 34.8 Å². The summed E-state index contributed by atoms with van der Waals surface area (Å²) in [5, 5.41) is 4.63. The maximum atomic E-state index is 14.7. The molecule has 3 aromatic rings. The summed E-state index contributed by atoms with van der Waals surface area (Å²) in [4.78, 5) is 50.5. The van der Waals surface area contributed by atoms with Gasteiger partial charge in [0.25, 0.3) is 5.91 Å². The Morgan fingerprint density at radius 1 is 0.870 bits per heavy atom. The van der Waals surface area contributed by atoms with E-state index in [1.54, 1.807) is 20.8 Å². The van der Waals surface area contributed by atoms with Gasteiger partial charge < -0.3 is 24.8 Å². The van der Waals surface area contributed by atoms with E-state index in [4.69, 9.17) is 9.47 Å². The minimum atomic E-state index is -4.81. The molecule has 0 saturated heterocycles. The quantitative estimate of drug-likeness (QED) is 0.134. The molecular formula is C32H31F5N2O7. The normalized spacial score (nSPS) is 12.1. The molecule has 14 heteroatoms. The first-order valence-electron chi connectivity index (χ1n) is 13.7. The Morgan fingerprint density at radius 2 is 1.54 bits per heavy atom. The average molecular weight is 651 g/mol. The first-order valence-corrected chi connectivity index (χ1v) is 13.7. The Labute approximate surface area is 261 Å². The predicted octanol–water partition coefficient (Wildman–Crippen LogP) is 7.37. The van der Waals surface area contributed by atoms with Gasteiger partial charge in [-0.25, -0.2) is 18.4 Å². The zero-order valence-corrected chi connectivity index (χ0v) is 25.4. The van der Waals surface area contributed by atoms with Crippen molar-refractivity contribution in [1.82, 2.24) is 5.32 Å². The molecule has 2 N–H and O–H groups in total. The lowest BCUT2D eigenvalue weighted by molar-refractivity contribution is -0.143. The van der Waals surface area contributed by atoms with Gasteiger partial charge >= 0.3 is 18.2 Å². The molecule has 1 unspecified atom stereocenters. The van der Waals surface area contributed by atoms with Crippen LogP contribution in [0.5, 0.6) is 11.5 Å². The standard InChI is InChI=1S/C32H31F5N2O7/c1-17-14-19(33)7-13-26(17)45-27-12-6-18(32(35,36)37)15-22(27)28(41)38-20-8-9-23(34)21(16-20)25(40)11-10-24(29(42)44-5)39-30(43)46-31(2,3)4/h6-9,12-16,24H,10-11H2,1-5H3,(H,38,41)(H,39,43). The van der Waals surface area contributed by atoms with Crippen molar-refractivity contribution in [1.29, 1.82) is 0 Å². The average Bonchev–Trinajstić information content (AvgIpc) is 2.95. The van der Waals surface area contributed by atoms with Gasteiger partial charge in [0.05, 0.1) is 23.8 Å². The van der Waals surface area contributed by atoms with Gasteiger partial charge in [-0.3, -0.25) is 9.59 Å². The molecule has 0 fully saturated rings. The highest BCUT2D eigenvalue weighted by Crippen LogP contribution is 2.35. The van der Waals surface area contributed by atoms with Crippen molar-refractivity contribution >= 4 is 29.4 Å². The molecule has 3 rings (SSSR count). The summed E-state index contributed by atoms with van der Waals surface area (Å²) in [5.74, 6) is -4.54. The topological polar surface area (TPSA) is 120 Å². The number of esters is 1. The van der Waals surface area contributed by atoms with Crippen molar-refractivity contribution in [3.05, 3.63) is 88.5 Å². The van der Waals surface area contributed by atoms with Crippen LogP contribution in [0, 0.1) is 18.6 Å². The highest BCUT2D eigenvalue weighted by molar-refractivity contribution is 6.07. The van der Waals surface area contributed by atoms with Crippen LogP contribution in [0.25, 0.3) is 0 Å². The molecule has 0 aliphatic carbocycles. The fourth-order valence-corrected chi connectivity index (χ4v) is 4.08. The number of anilines is 1. The lowest BCUT2D eigenvalue weighted by Crippen LogP contribution is -2.44. The van der Waals surface area contributed by atoms with Gasteiger partial charge in [0, 0.05) is 12.1 Å². The van der Waals surface area contributed by atoms with Crippen molar-refractivity contribution < 1.29 is 55.3 Å². The van der Waals surface area contributed by atoms with Gasteiger partial charge in [-0.2, -0.15) is 13.2 Å². The van der Waals surface area contributed by atoms with E-state index < -0.39 is 76.3 Å². The number of Topliss-reactive ketones (excluding diaryl/α,β-unsaturated/α-hetero) is 1. The molecule has 9 nitrogen and oxygen atoms in total. The summed E-state index contributed by atoms with van der Waals surface area (Å²) in [6.07, 6.45) is -6.50. The predicted molar refractivity (Wildman–Crippen MR) is 156 cm³/mol. The van der Waals surface area contributed by atoms with Crippen LogP contribution in [0.4, 0.5) is 32.4 Å². The number of rotatable bonds is 10. The van der Waals surface area contributed by atoms with E-state index in [1.807, 2.05) is 0 Å². The number of amides is 2. The molecule has 246 valence electrons. The maximum Gasteiger partial charge on any atom is 0.416 e. The molecule has 0 aliphatic heterocycles. The van der Waals surface area contributed by atoms with E-state index in [9.17, 15) is 41.1 Å². The van der Waals surface area contributed by atoms with Crippen LogP contribution >= 0.6 is 0 Å². The molecule has 0 saturated carbocycles. The number of hydrogen-bond donors (Lipinski definition) is 2. The van der Waals surface area contributed by atoms with Gasteiger partial charge in [-0.05, 0) is 94.3 Å². The monoisotopic (exact) mass is 650 g/mol. The molecule has 0 bridgehead atoms. The van der Waals surface area contributed by atoms with Gasteiger partial charge in [0.15, 0.2) is 5.78 Å². The number of methoxy groups -OCH3 is 1. The summed E-state index contributed by atoms with van der Waals surface area (Å²) >= 11 is 0. The van der Waals surface area contributed by atoms with Crippen molar-refractivity contribution in [2.24, 2.45) is 0 Å². The number of carbonyl (C=O) groups excluding carboxylic acids is 4. The van der Waals surface area contributed by atoms with Crippen LogP contribution < -0.4 is 15.4 Å². The van der Waals surface area contributed by atoms with E-state index >= 15 is 0 Å². The van der Waals surface area contributed by atoms with Crippen molar-refractivity contribution in [2.75, 3.05) is 12.4 Å². The Bertz CT molecular complexity index is 1630. The van der Waals surface area contributed by atoms with Crippen LogP contribution in [-0.2, 0) is 20.4 Å². The third-order valence-corrected chi connectivity index (χ3v) is 6.27. The molecule has 0 aliphatic rings. The number of alkyl carbamates (subject to hydrolysis) is 1. The first kappa shape index (κ1) is 35.5. The van der Waals surface area contributed by atoms with E-state index in [0.29, 0.717) is 17.7 Å². The number of nitrogens with one attached hydrogen (secondary N) is 2. The van der Waals surface area contributed by atoms with Crippen LogP contribution in [0.2, 0.25) is 0 Å². The second-order valence-electron chi connectivity index (χ2n) is 11.1. The molecule has 3 aromatic carbocycles. The zero-order valence-electron chi connectivity index (χ0n) is 25.4. The molecule has 0 radical (unpaired) electrons. The van der Waals surface area contributed by atoms with Crippen LogP contribution in [0.3, 0.4) is 0 Å². The van der Waals surface area contributed by atoms with Crippen LogP contribution in [0.1, 0.15) is 65.5 Å². The van der Waals surface area contributed by atoms with E-state index in [1.165, 1.54) is 13.0 Å². The third-order valence-electron chi connectivity index (χ3n) is 6.27. The number of hydrogen-bond acceptors (Lipinski definition) is 7. The molecule has 0 spiro atoms. The van der Waals surface area contributed by atoms with Gasteiger partial charge in [0.2, 0.25) is 0 Å². The minimum Gasteiger partial charge on any atom is -0.467 e. The third kappa shape index (κ3) is 9.74. The number of ketones is 1. The molecule has 0 heterocycles. The molecule has 46 heavy (non-hydrogen) atoms. The van der Waals surface area contributed by atoms with Gasteiger partial charge in [-0.15, -0.1) is 0 Å². The Kier molecular flexibility index (Phi) is 11.1. The zero-order chi connectivity index (χ0) is 34.4. The lowest BCUT2D eigenvalue weighted by Gasteiger charge is -2.22. The summed E-state index contributed by atoms with van der Waals surface area (Å²) in [6.45, 7) is 6.31. The van der Waals surface area contributed by atoms with Crippen LogP contribution in [0.15, 0.2) is 54.6 Å². The highest BCUT2D eigenvalue weighted by Gasteiger charge is 2.32. The maximum absolute atomic E-state index is 14.7. The number of ether oxygens (including phenoxy) is 3. The first-order chi connectivity index (χ1) is 21.4. The van der Waals surface area contributed by atoms with Gasteiger partial charge in [-0.1, -0.05) is 0 Å². The fraction of sp³-hybridized carbons (Fsp3) is 0.312. The van der Waals surface area contributed by atoms with E-state index in [-0.39, 0.29) is 23.6 Å². The number of carbonyl (C=O) groups is 4. The second kappa shape index (κ2) is 14.4. The smallest absolute Gasteiger partial charge is 0.416 e. The van der Waals surface area contributed by atoms with E-state index in [2.05, 4.69) is 15.4 Å².